The van der Waals surface area contributed by atoms with E-state index in [-0.39, 0.29) is 12.4 Å². The van der Waals surface area contributed by atoms with Gasteiger partial charge in [0.05, 0.1) is 11.4 Å². The summed E-state index contributed by atoms with van der Waals surface area (Å²) in [7, 11) is 0. The van der Waals surface area contributed by atoms with Gasteiger partial charge in [-0.1, -0.05) is 17.7 Å². The lowest BCUT2D eigenvalue weighted by atomic mass is 10.1. The van der Waals surface area contributed by atoms with Crippen LogP contribution in [0.15, 0.2) is 48.7 Å². The van der Waals surface area contributed by atoms with Crippen LogP contribution in [-0.4, -0.2) is 9.97 Å². The topological polar surface area (TPSA) is 51.8 Å². The van der Waals surface area contributed by atoms with E-state index in [0.717, 1.165) is 22.2 Å². The Morgan fingerprint density at radius 3 is 2.58 bits per heavy atom. The number of rotatable bonds is 1. The first kappa shape index (κ1) is 13.6. The Hall–Kier alpha value is -1.84. The van der Waals surface area contributed by atoms with Gasteiger partial charge in [-0.3, -0.25) is 4.98 Å². The van der Waals surface area contributed by atoms with E-state index < -0.39 is 0 Å². The average Bonchev–Trinajstić information content (AvgIpc) is 2.39. The number of anilines is 1. The molecule has 0 bridgehead atoms. The van der Waals surface area contributed by atoms with Crippen LogP contribution >= 0.6 is 24.0 Å². The van der Waals surface area contributed by atoms with E-state index in [1.165, 1.54) is 0 Å². The van der Waals surface area contributed by atoms with E-state index in [1.54, 1.807) is 6.20 Å². The third-order valence-corrected chi connectivity index (χ3v) is 2.99. The lowest BCUT2D eigenvalue weighted by Gasteiger charge is -2.06. The van der Waals surface area contributed by atoms with Gasteiger partial charge in [0.15, 0.2) is 0 Å². The molecule has 0 spiro atoms. The van der Waals surface area contributed by atoms with Gasteiger partial charge in [-0.05, 0) is 41.8 Å². The number of hydrogen-bond acceptors (Lipinski definition) is 3. The SMILES string of the molecule is Cl.Nc1nc(-c2ccccn2)cc2cc(Cl)ccc12. The molecule has 3 rings (SSSR count). The summed E-state index contributed by atoms with van der Waals surface area (Å²) < 4.78 is 0. The first-order chi connectivity index (χ1) is 8.74. The van der Waals surface area contributed by atoms with Crippen molar-refractivity contribution in [2.24, 2.45) is 0 Å². The van der Waals surface area contributed by atoms with E-state index in [0.29, 0.717) is 10.8 Å². The van der Waals surface area contributed by atoms with Gasteiger partial charge in [-0.15, -0.1) is 12.4 Å². The second-order valence-electron chi connectivity index (χ2n) is 3.97. The second kappa shape index (κ2) is 5.43. The highest BCUT2D eigenvalue weighted by Gasteiger charge is 2.06. The third kappa shape index (κ3) is 2.62. The lowest BCUT2D eigenvalue weighted by molar-refractivity contribution is 1.26. The predicted molar refractivity (Wildman–Crippen MR) is 81.6 cm³/mol. The van der Waals surface area contributed by atoms with Gasteiger partial charge in [-0.2, -0.15) is 0 Å². The van der Waals surface area contributed by atoms with Crippen LogP contribution in [0, 0.1) is 0 Å². The minimum absolute atomic E-state index is 0. The van der Waals surface area contributed by atoms with Crippen molar-refractivity contribution in [3.8, 4) is 11.4 Å². The van der Waals surface area contributed by atoms with Gasteiger partial charge in [0.2, 0.25) is 0 Å². The van der Waals surface area contributed by atoms with E-state index in [1.807, 2.05) is 42.5 Å². The Balaban J connectivity index is 0.00000133. The summed E-state index contributed by atoms with van der Waals surface area (Å²) in [6.45, 7) is 0. The summed E-state index contributed by atoms with van der Waals surface area (Å²) in [4.78, 5) is 8.64. The maximum atomic E-state index is 5.99. The predicted octanol–water partition coefficient (Wildman–Crippen LogP) is 3.95. The standard InChI is InChI=1S/C14H10ClN3.ClH/c15-10-4-5-11-9(7-10)8-13(18-14(11)16)12-3-1-2-6-17-12;/h1-8H,(H2,16,18);1H. The minimum Gasteiger partial charge on any atom is -0.383 e. The maximum absolute atomic E-state index is 5.99. The number of pyridine rings is 2. The van der Waals surface area contributed by atoms with Gasteiger partial charge in [-0.25, -0.2) is 4.98 Å². The summed E-state index contributed by atoms with van der Waals surface area (Å²) in [5, 5.41) is 2.55. The van der Waals surface area contributed by atoms with Crippen molar-refractivity contribution in [3.63, 3.8) is 0 Å². The Morgan fingerprint density at radius 1 is 1.00 bits per heavy atom. The first-order valence-corrected chi connectivity index (χ1v) is 5.89. The Labute approximate surface area is 121 Å². The highest BCUT2D eigenvalue weighted by molar-refractivity contribution is 6.31. The Bertz CT molecular complexity index is 714. The number of fused-ring (bicyclic) bond motifs is 1. The maximum Gasteiger partial charge on any atom is 0.132 e. The zero-order valence-corrected chi connectivity index (χ0v) is 11.4. The number of nitrogens with two attached hydrogens (primary N) is 1. The van der Waals surface area contributed by atoms with Crippen LogP contribution in [0.4, 0.5) is 5.82 Å². The van der Waals surface area contributed by atoms with Crippen molar-refractivity contribution >= 4 is 40.6 Å². The molecule has 5 heteroatoms. The Morgan fingerprint density at radius 2 is 1.84 bits per heavy atom. The molecule has 0 saturated carbocycles. The van der Waals surface area contributed by atoms with Crippen molar-refractivity contribution in [3.05, 3.63) is 53.7 Å². The smallest absolute Gasteiger partial charge is 0.132 e. The fourth-order valence-electron chi connectivity index (χ4n) is 1.90. The minimum atomic E-state index is 0. The molecule has 0 saturated heterocycles. The lowest BCUT2D eigenvalue weighted by Crippen LogP contribution is -1.95. The molecule has 96 valence electrons. The molecule has 0 aliphatic rings. The quantitative estimate of drug-likeness (QED) is 0.738. The molecule has 3 aromatic rings. The van der Waals surface area contributed by atoms with Gasteiger partial charge < -0.3 is 5.73 Å². The highest BCUT2D eigenvalue weighted by Crippen LogP contribution is 2.27. The molecule has 0 radical (unpaired) electrons. The number of nitrogens with zero attached hydrogens (tertiary/aromatic N) is 2. The molecular weight excluding hydrogens is 281 g/mol. The summed E-state index contributed by atoms with van der Waals surface area (Å²) in [6, 6.07) is 13.2. The summed E-state index contributed by atoms with van der Waals surface area (Å²) >= 11 is 5.99. The zero-order chi connectivity index (χ0) is 12.5. The number of halogens is 2. The van der Waals surface area contributed by atoms with Crippen molar-refractivity contribution in [1.29, 1.82) is 0 Å². The molecule has 2 N–H and O–H groups in total. The van der Waals surface area contributed by atoms with E-state index >= 15 is 0 Å². The second-order valence-corrected chi connectivity index (χ2v) is 4.41. The molecular formula is C14H11Cl2N3. The van der Waals surface area contributed by atoms with Crippen LogP contribution in [0.2, 0.25) is 5.02 Å². The van der Waals surface area contributed by atoms with E-state index in [4.69, 9.17) is 17.3 Å². The van der Waals surface area contributed by atoms with Crippen LogP contribution in [0.3, 0.4) is 0 Å². The molecule has 0 atom stereocenters. The summed E-state index contributed by atoms with van der Waals surface area (Å²) in [6.07, 6.45) is 1.73. The molecule has 0 aliphatic heterocycles. The van der Waals surface area contributed by atoms with Crippen LogP contribution in [0.25, 0.3) is 22.2 Å². The largest absolute Gasteiger partial charge is 0.383 e. The molecule has 2 heterocycles. The monoisotopic (exact) mass is 291 g/mol. The molecule has 0 fully saturated rings. The van der Waals surface area contributed by atoms with Crippen molar-refractivity contribution in [1.82, 2.24) is 9.97 Å². The molecule has 2 aromatic heterocycles. The summed E-state index contributed by atoms with van der Waals surface area (Å²) in [5.74, 6) is 0.491. The number of nitrogen functional groups attached to an aromatic ring is 1. The first-order valence-electron chi connectivity index (χ1n) is 5.51. The zero-order valence-electron chi connectivity index (χ0n) is 9.88. The average molecular weight is 292 g/mol. The molecule has 0 aliphatic carbocycles. The number of hydrogen-bond donors (Lipinski definition) is 1. The molecule has 0 unspecified atom stereocenters. The van der Waals surface area contributed by atoms with Gasteiger partial charge in [0.25, 0.3) is 0 Å². The van der Waals surface area contributed by atoms with Crippen LogP contribution in [0.1, 0.15) is 0 Å². The normalized spacial score (nSPS) is 10.2. The van der Waals surface area contributed by atoms with E-state index in [9.17, 15) is 0 Å². The molecule has 19 heavy (non-hydrogen) atoms. The Kier molecular flexibility index (Phi) is 3.88. The number of aromatic nitrogens is 2. The fourth-order valence-corrected chi connectivity index (χ4v) is 2.08. The van der Waals surface area contributed by atoms with Crippen molar-refractivity contribution < 1.29 is 0 Å². The number of benzene rings is 1. The highest BCUT2D eigenvalue weighted by atomic mass is 35.5. The van der Waals surface area contributed by atoms with Gasteiger partial charge >= 0.3 is 0 Å². The van der Waals surface area contributed by atoms with Crippen LogP contribution in [0.5, 0.6) is 0 Å². The fraction of sp³-hybridized carbons (Fsp3) is 0. The van der Waals surface area contributed by atoms with Crippen LogP contribution < -0.4 is 5.73 Å². The molecule has 3 nitrogen and oxygen atoms in total. The van der Waals surface area contributed by atoms with Gasteiger partial charge in [0, 0.05) is 16.6 Å². The van der Waals surface area contributed by atoms with Crippen molar-refractivity contribution in [2.45, 2.75) is 0 Å². The molecule has 0 amide bonds. The summed E-state index contributed by atoms with van der Waals surface area (Å²) in [5.41, 5.74) is 7.51. The van der Waals surface area contributed by atoms with Crippen LogP contribution in [-0.2, 0) is 0 Å². The third-order valence-electron chi connectivity index (χ3n) is 2.75. The van der Waals surface area contributed by atoms with Crippen molar-refractivity contribution in [2.75, 3.05) is 5.73 Å². The van der Waals surface area contributed by atoms with E-state index in [2.05, 4.69) is 9.97 Å². The van der Waals surface area contributed by atoms with Gasteiger partial charge in [0.1, 0.15) is 5.82 Å². The molecule has 1 aromatic carbocycles.